The fourth-order valence-electron chi connectivity index (χ4n) is 3.80. The summed E-state index contributed by atoms with van der Waals surface area (Å²) in [4.78, 5) is 12.6. The molecule has 4 rings (SSSR count). The highest BCUT2D eigenvalue weighted by Gasteiger charge is 2.19. The van der Waals surface area contributed by atoms with Crippen LogP contribution < -0.4 is 19.9 Å². The predicted molar refractivity (Wildman–Crippen MR) is 148 cm³/mol. The molecule has 2 N–H and O–H groups in total. The van der Waals surface area contributed by atoms with E-state index in [1.807, 2.05) is 83.4 Å². The van der Waals surface area contributed by atoms with E-state index < -0.39 is 0 Å². The smallest absolute Gasteiger partial charge is 0.196 e. The zero-order chi connectivity index (χ0) is 27.8. The lowest BCUT2D eigenvalue weighted by atomic mass is 10.1. The Labute approximate surface area is 230 Å². The summed E-state index contributed by atoms with van der Waals surface area (Å²) in [6, 6.07) is 24.6. The Morgan fingerprint density at radius 2 is 1.67 bits per heavy atom. The van der Waals surface area contributed by atoms with E-state index in [9.17, 15) is 10.1 Å². The number of para-hydroxylation sites is 1. The molecule has 0 saturated heterocycles. The van der Waals surface area contributed by atoms with Crippen LogP contribution in [0.5, 0.6) is 23.0 Å². The monoisotopic (exact) mass is 541 g/mol. The van der Waals surface area contributed by atoms with Crippen LogP contribution in [-0.2, 0) is 11.2 Å². The lowest BCUT2D eigenvalue weighted by molar-refractivity contribution is -0.112. The maximum absolute atomic E-state index is 12.6. The predicted octanol–water partition coefficient (Wildman–Crippen LogP) is 5.09. The summed E-state index contributed by atoms with van der Waals surface area (Å²) in [7, 11) is 3.17. The van der Waals surface area contributed by atoms with E-state index in [0.717, 1.165) is 17.0 Å². The van der Waals surface area contributed by atoms with Crippen LogP contribution in [0.3, 0.4) is 0 Å². The Morgan fingerprint density at radius 3 is 2.31 bits per heavy atom. The molecule has 3 aromatic carbocycles. The van der Waals surface area contributed by atoms with E-state index in [0.29, 0.717) is 34.7 Å². The third-order valence-corrected chi connectivity index (χ3v) is 6.63. The molecule has 9 nitrogen and oxygen atoms in total. The van der Waals surface area contributed by atoms with Gasteiger partial charge in [-0.1, -0.05) is 36.0 Å². The van der Waals surface area contributed by atoms with Crippen molar-refractivity contribution in [3.63, 3.8) is 0 Å². The van der Waals surface area contributed by atoms with Gasteiger partial charge in [0, 0.05) is 17.8 Å². The van der Waals surface area contributed by atoms with Crippen molar-refractivity contribution in [1.82, 2.24) is 14.8 Å². The van der Waals surface area contributed by atoms with Gasteiger partial charge in [-0.15, -0.1) is 10.2 Å². The van der Waals surface area contributed by atoms with Gasteiger partial charge in [0.25, 0.3) is 0 Å². The van der Waals surface area contributed by atoms with Crippen molar-refractivity contribution in [3.8, 4) is 34.8 Å². The molecule has 0 radical (unpaired) electrons. The molecule has 0 unspecified atom stereocenters. The molecule has 0 amide bonds. The lowest BCUT2D eigenvalue weighted by Gasteiger charge is -2.13. The van der Waals surface area contributed by atoms with Crippen LogP contribution in [0, 0.1) is 11.3 Å². The lowest BCUT2D eigenvalue weighted by Crippen LogP contribution is -2.11. The van der Waals surface area contributed by atoms with Gasteiger partial charge in [0.2, 0.25) is 0 Å². The topological polar surface area (TPSA) is 125 Å². The normalized spacial score (nSPS) is 11.3. The molecule has 0 saturated carbocycles. The van der Waals surface area contributed by atoms with Crippen LogP contribution in [0.1, 0.15) is 18.3 Å². The van der Waals surface area contributed by atoms with Crippen molar-refractivity contribution in [1.29, 1.82) is 5.26 Å². The summed E-state index contributed by atoms with van der Waals surface area (Å²) < 4.78 is 18.6. The summed E-state index contributed by atoms with van der Waals surface area (Å²) in [5, 5.41) is 18.6. The fourth-order valence-corrected chi connectivity index (χ4v) is 4.64. The van der Waals surface area contributed by atoms with Crippen molar-refractivity contribution >= 4 is 17.5 Å². The molecule has 0 bridgehead atoms. The molecule has 0 aliphatic heterocycles. The minimum atomic E-state index is -0.370. The number of carbonyl (C=O) groups excluding carboxylic acids is 1. The SMILES string of the molecule is COc1ccc(Cc2nnc(SCC(=O)C(C#N)=C(C)N)n2-c2ccc(Oc3ccccc3)cc2)cc1OC. The molecule has 4 aromatic rings. The van der Waals surface area contributed by atoms with E-state index in [-0.39, 0.29) is 22.8 Å². The second-order valence-electron chi connectivity index (χ2n) is 8.39. The first-order chi connectivity index (χ1) is 18.9. The second-order valence-corrected chi connectivity index (χ2v) is 9.33. The van der Waals surface area contributed by atoms with E-state index in [1.54, 1.807) is 14.2 Å². The van der Waals surface area contributed by atoms with Crippen molar-refractivity contribution in [2.75, 3.05) is 20.0 Å². The van der Waals surface area contributed by atoms with E-state index in [2.05, 4.69) is 10.2 Å². The first-order valence-electron chi connectivity index (χ1n) is 11.9. The number of allylic oxidation sites excluding steroid dienone is 2. The van der Waals surface area contributed by atoms with Crippen molar-refractivity contribution < 1.29 is 19.0 Å². The van der Waals surface area contributed by atoms with Gasteiger partial charge in [-0.25, -0.2) is 0 Å². The molecule has 10 heteroatoms. The number of thioether (sulfide) groups is 1. The number of ether oxygens (including phenoxy) is 3. The summed E-state index contributed by atoms with van der Waals surface area (Å²) in [5.41, 5.74) is 7.56. The van der Waals surface area contributed by atoms with Crippen molar-refractivity contribution in [2.24, 2.45) is 5.73 Å². The number of nitrogens with two attached hydrogens (primary N) is 1. The molecule has 0 spiro atoms. The Balaban J connectivity index is 1.66. The van der Waals surface area contributed by atoms with Gasteiger partial charge in [0.1, 0.15) is 29.0 Å². The standard InChI is InChI=1S/C29H27N5O4S/c1-19(31)24(17-30)25(35)18-39-29-33-32-28(16-20-9-14-26(36-2)27(15-20)37-3)34(29)21-10-12-23(13-11-21)38-22-7-5-4-6-8-22/h4-15H,16,18,31H2,1-3H3. The highest BCUT2D eigenvalue weighted by atomic mass is 32.2. The molecule has 198 valence electrons. The molecule has 0 aliphatic rings. The third kappa shape index (κ3) is 6.58. The minimum Gasteiger partial charge on any atom is -0.493 e. The Bertz CT molecular complexity index is 1520. The van der Waals surface area contributed by atoms with E-state index in [4.69, 9.17) is 19.9 Å². The van der Waals surface area contributed by atoms with Gasteiger partial charge in [0.15, 0.2) is 22.4 Å². The molecular weight excluding hydrogens is 514 g/mol. The van der Waals surface area contributed by atoms with Gasteiger partial charge in [-0.2, -0.15) is 5.26 Å². The molecule has 1 heterocycles. The third-order valence-electron chi connectivity index (χ3n) is 5.70. The van der Waals surface area contributed by atoms with E-state index in [1.165, 1.54) is 18.7 Å². The number of Topliss-reactive ketones (excluding diaryl/α,β-unsaturated/α-hetero) is 1. The van der Waals surface area contributed by atoms with Gasteiger partial charge >= 0.3 is 0 Å². The number of nitriles is 1. The minimum absolute atomic E-state index is 0.0128. The maximum Gasteiger partial charge on any atom is 0.196 e. The number of ketones is 1. The zero-order valence-corrected chi connectivity index (χ0v) is 22.6. The van der Waals surface area contributed by atoms with Crippen LogP contribution in [0.2, 0.25) is 0 Å². The molecule has 0 fully saturated rings. The fraction of sp³-hybridized carbons (Fsp3) is 0.172. The van der Waals surface area contributed by atoms with Gasteiger partial charge < -0.3 is 19.9 Å². The highest BCUT2D eigenvalue weighted by Crippen LogP contribution is 2.30. The maximum atomic E-state index is 12.6. The van der Waals surface area contributed by atoms with Crippen LogP contribution >= 0.6 is 11.8 Å². The van der Waals surface area contributed by atoms with Gasteiger partial charge in [-0.05, 0) is 61.0 Å². The number of rotatable bonds is 11. The summed E-state index contributed by atoms with van der Waals surface area (Å²) in [6.07, 6.45) is 0.440. The average Bonchev–Trinajstić information content (AvgIpc) is 3.35. The van der Waals surface area contributed by atoms with Gasteiger partial charge in [0.05, 0.1) is 20.0 Å². The van der Waals surface area contributed by atoms with Crippen molar-refractivity contribution in [2.45, 2.75) is 18.5 Å². The second kappa shape index (κ2) is 12.7. The number of methoxy groups -OCH3 is 2. The average molecular weight is 542 g/mol. The molecule has 0 atom stereocenters. The number of carbonyl (C=O) groups is 1. The van der Waals surface area contributed by atoms with Crippen LogP contribution in [0.15, 0.2) is 89.2 Å². The van der Waals surface area contributed by atoms with Crippen molar-refractivity contribution in [3.05, 3.63) is 95.5 Å². The zero-order valence-electron chi connectivity index (χ0n) is 21.7. The molecule has 39 heavy (non-hydrogen) atoms. The number of nitrogens with zero attached hydrogens (tertiary/aromatic N) is 4. The summed E-state index contributed by atoms with van der Waals surface area (Å²) in [5.74, 6) is 2.91. The van der Waals surface area contributed by atoms with Crippen LogP contribution in [-0.4, -0.2) is 40.5 Å². The number of hydrogen-bond donors (Lipinski definition) is 1. The summed E-state index contributed by atoms with van der Waals surface area (Å²) >= 11 is 1.19. The Kier molecular flexibility index (Phi) is 8.86. The molecule has 1 aromatic heterocycles. The molecular formula is C29H27N5O4S. The Hall–Kier alpha value is -4.75. The molecule has 0 aliphatic carbocycles. The Morgan fingerprint density at radius 1 is 0.974 bits per heavy atom. The number of aromatic nitrogens is 3. The number of hydrogen-bond acceptors (Lipinski definition) is 9. The van der Waals surface area contributed by atoms with Gasteiger partial charge in [-0.3, -0.25) is 9.36 Å². The number of benzene rings is 3. The first-order valence-corrected chi connectivity index (χ1v) is 12.9. The largest absolute Gasteiger partial charge is 0.493 e. The summed E-state index contributed by atoms with van der Waals surface area (Å²) in [6.45, 7) is 1.53. The van der Waals surface area contributed by atoms with E-state index >= 15 is 0 Å². The first kappa shape index (κ1) is 27.3. The quantitative estimate of drug-likeness (QED) is 0.157. The van der Waals surface area contributed by atoms with Crippen LogP contribution in [0.25, 0.3) is 5.69 Å². The van der Waals surface area contributed by atoms with Crippen LogP contribution in [0.4, 0.5) is 0 Å². The highest BCUT2D eigenvalue weighted by molar-refractivity contribution is 7.99.